The van der Waals surface area contributed by atoms with Gasteiger partial charge in [0.25, 0.3) is 0 Å². The number of halogens is 1. The third kappa shape index (κ3) is 4.04. The predicted octanol–water partition coefficient (Wildman–Crippen LogP) is 1.90. The highest BCUT2D eigenvalue weighted by Crippen LogP contribution is 2.21. The van der Waals surface area contributed by atoms with Crippen molar-refractivity contribution in [1.29, 1.82) is 0 Å². The van der Waals surface area contributed by atoms with Crippen LogP contribution in [0.2, 0.25) is 0 Å². The number of carbonyl (C=O) groups excluding carboxylic acids is 2. The Morgan fingerprint density at radius 1 is 1.25 bits per heavy atom. The lowest BCUT2D eigenvalue weighted by Crippen LogP contribution is -2.43. The maximum absolute atomic E-state index is 12.4. The topological polar surface area (TPSA) is 84.2 Å². The number of nitrogens with one attached hydrogen (secondary N) is 2. The van der Waals surface area contributed by atoms with E-state index < -0.39 is 0 Å². The number of nitrogens with two attached hydrogens (primary N) is 1. The minimum absolute atomic E-state index is 0. The van der Waals surface area contributed by atoms with E-state index in [1.165, 1.54) is 0 Å². The number of hydrogen-bond acceptors (Lipinski definition) is 3. The van der Waals surface area contributed by atoms with Gasteiger partial charge in [0.2, 0.25) is 11.8 Å². The number of fused-ring (bicyclic) bond motifs is 1. The summed E-state index contributed by atoms with van der Waals surface area (Å²) in [5.41, 5.74) is 6.85. The highest BCUT2D eigenvalue weighted by molar-refractivity contribution is 5.87. The van der Waals surface area contributed by atoms with Crippen molar-refractivity contribution >= 4 is 35.0 Å². The lowest BCUT2D eigenvalue weighted by Gasteiger charge is -2.25. The van der Waals surface area contributed by atoms with E-state index in [9.17, 15) is 9.59 Å². The van der Waals surface area contributed by atoms with Crippen molar-refractivity contribution in [2.75, 3.05) is 13.1 Å². The highest BCUT2D eigenvalue weighted by atomic mass is 35.5. The molecule has 2 unspecified atom stereocenters. The maximum atomic E-state index is 12.4. The van der Waals surface area contributed by atoms with Gasteiger partial charge in [0.05, 0.1) is 6.04 Å². The second-order valence-electron chi connectivity index (χ2n) is 5.94. The van der Waals surface area contributed by atoms with Crippen molar-refractivity contribution in [2.24, 2.45) is 11.7 Å². The van der Waals surface area contributed by atoms with Crippen LogP contribution in [0.15, 0.2) is 42.5 Å². The Kier molecular flexibility index (Phi) is 6.17. The molecule has 6 heteroatoms. The van der Waals surface area contributed by atoms with Gasteiger partial charge in [0.15, 0.2) is 0 Å². The molecule has 128 valence electrons. The molecule has 1 heterocycles. The normalized spacial score (nSPS) is 18.4. The zero-order valence-corrected chi connectivity index (χ0v) is 14.1. The minimum Gasteiger partial charge on any atom is -0.356 e. The van der Waals surface area contributed by atoms with E-state index in [-0.39, 0.29) is 42.6 Å². The van der Waals surface area contributed by atoms with Crippen LogP contribution < -0.4 is 16.4 Å². The van der Waals surface area contributed by atoms with E-state index in [2.05, 4.69) is 22.8 Å². The molecular formula is C18H22ClN3O2. The van der Waals surface area contributed by atoms with Crippen LogP contribution in [0.4, 0.5) is 0 Å². The molecule has 1 saturated heterocycles. The Hall–Kier alpha value is -2.11. The van der Waals surface area contributed by atoms with Gasteiger partial charge in [-0.15, -0.1) is 12.4 Å². The van der Waals surface area contributed by atoms with Crippen molar-refractivity contribution in [1.82, 2.24) is 10.6 Å². The van der Waals surface area contributed by atoms with Crippen LogP contribution in [-0.4, -0.2) is 24.9 Å². The largest absolute Gasteiger partial charge is 0.356 e. The summed E-state index contributed by atoms with van der Waals surface area (Å²) in [6, 6.07) is 13.9. The average Bonchev–Trinajstić information content (AvgIpc) is 2.59. The standard InChI is InChI=1S/C18H21N3O2.ClH/c19-11-16(21-18(23)15-7-8-20-17(22)10-15)14-6-5-12-3-1-2-4-13(12)9-14;/h1-6,9,15-16H,7-8,10-11,19H2,(H,20,22)(H,21,23);1H. The zero-order valence-electron chi connectivity index (χ0n) is 13.3. The molecule has 2 amide bonds. The van der Waals surface area contributed by atoms with Crippen molar-refractivity contribution in [3.63, 3.8) is 0 Å². The molecular weight excluding hydrogens is 326 g/mol. The van der Waals surface area contributed by atoms with E-state index in [4.69, 9.17) is 5.73 Å². The molecule has 0 bridgehead atoms. The molecule has 5 nitrogen and oxygen atoms in total. The van der Waals surface area contributed by atoms with E-state index in [1.807, 2.05) is 30.3 Å². The van der Waals surface area contributed by atoms with Crippen LogP contribution in [0.1, 0.15) is 24.4 Å². The van der Waals surface area contributed by atoms with E-state index in [1.54, 1.807) is 0 Å². The Labute approximate surface area is 147 Å². The van der Waals surface area contributed by atoms with Crippen LogP contribution in [0.25, 0.3) is 10.8 Å². The second-order valence-corrected chi connectivity index (χ2v) is 5.94. The number of hydrogen-bond donors (Lipinski definition) is 3. The van der Waals surface area contributed by atoms with E-state index in [0.717, 1.165) is 16.3 Å². The number of rotatable bonds is 4. The summed E-state index contributed by atoms with van der Waals surface area (Å²) in [6.07, 6.45) is 0.924. The molecule has 3 rings (SSSR count). The van der Waals surface area contributed by atoms with Crippen LogP contribution >= 0.6 is 12.4 Å². The maximum Gasteiger partial charge on any atom is 0.224 e. The van der Waals surface area contributed by atoms with Crippen molar-refractivity contribution in [3.8, 4) is 0 Å². The molecule has 0 saturated carbocycles. The van der Waals surface area contributed by atoms with Gasteiger partial charge >= 0.3 is 0 Å². The van der Waals surface area contributed by atoms with Gasteiger partial charge < -0.3 is 16.4 Å². The summed E-state index contributed by atoms with van der Waals surface area (Å²) < 4.78 is 0. The number of piperidine rings is 1. The number of benzene rings is 2. The summed E-state index contributed by atoms with van der Waals surface area (Å²) >= 11 is 0. The first kappa shape index (κ1) is 18.2. The molecule has 2 aromatic carbocycles. The van der Waals surface area contributed by atoms with Gasteiger partial charge in [0.1, 0.15) is 0 Å². The smallest absolute Gasteiger partial charge is 0.224 e. The molecule has 24 heavy (non-hydrogen) atoms. The molecule has 2 atom stereocenters. The van der Waals surface area contributed by atoms with Crippen LogP contribution in [0, 0.1) is 5.92 Å². The summed E-state index contributed by atoms with van der Waals surface area (Å²) in [4.78, 5) is 23.8. The van der Waals surface area contributed by atoms with Gasteiger partial charge in [-0.25, -0.2) is 0 Å². The van der Waals surface area contributed by atoms with Crippen molar-refractivity contribution in [3.05, 3.63) is 48.0 Å². The summed E-state index contributed by atoms with van der Waals surface area (Å²) in [5.74, 6) is -0.423. The lowest BCUT2D eigenvalue weighted by atomic mass is 9.95. The molecule has 4 N–H and O–H groups in total. The van der Waals surface area contributed by atoms with Crippen LogP contribution in [0.3, 0.4) is 0 Å². The molecule has 2 aromatic rings. The Balaban J connectivity index is 0.00000208. The van der Waals surface area contributed by atoms with Gasteiger partial charge in [0, 0.05) is 25.4 Å². The highest BCUT2D eigenvalue weighted by Gasteiger charge is 2.27. The molecule has 1 aliphatic rings. The Morgan fingerprint density at radius 3 is 2.71 bits per heavy atom. The molecule has 0 aromatic heterocycles. The van der Waals surface area contributed by atoms with E-state index in [0.29, 0.717) is 19.5 Å². The summed E-state index contributed by atoms with van der Waals surface area (Å²) in [6.45, 7) is 0.878. The Bertz CT molecular complexity index is 735. The molecule has 1 fully saturated rings. The van der Waals surface area contributed by atoms with Crippen molar-refractivity contribution in [2.45, 2.75) is 18.9 Å². The number of amides is 2. The van der Waals surface area contributed by atoms with Crippen LogP contribution in [-0.2, 0) is 9.59 Å². The third-order valence-electron chi connectivity index (χ3n) is 4.35. The van der Waals surface area contributed by atoms with Gasteiger partial charge in [-0.05, 0) is 28.8 Å². The van der Waals surface area contributed by atoms with E-state index >= 15 is 0 Å². The Morgan fingerprint density at radius 2 is 2.00 bits per heavy atom. The fourth-order valence-corrected chi connectivity index (χ4v) is 3.00. The van der Waals surface area contributed by atoms with Gasteiger partial charge in [-0.2, -0.15) is 0 Å². The molecule has 0 spiro atoms. The lowest BCUT2D eigenvalue weighted by molar-refractivity contribution is -0.132. The first-order chi connectivity index (χ1) is 11.2. The van der Waals surface area contributed by atoms with Gasteiger partial charge in [-0.1, -0.05) is 36.4 Å². The SMILES string of the molecule is Cl.NCC(NC(=O)C1CCNC(=O)C1)c1ccc2ccccc2c1. The second kappa shape index (κ2) is 8.13. The third-order valence-corrected chi connectivity index (χ3v) is 4.35. The quantitative estimate of drug-likeness (QED) is 0.789. The first-order valence-electron chi connectivity index (χ1n) is 7.93. The zero-order chi connectivity index (χ0) is 16.2. The fourth-order valence-electron chi connectivity index (χ4n) is 3.00. The summed E-state index contributed by atoms with van der Waals surface area (Å²) in [5, 5.41) is 8.01. The van der Waals surface area contributed by atoms with Crippen molar-refractivity contribution < 1.29 is 9.59 Å². The predicted molar refractivity (Wildman–Crippen MR) is 96.9 cm³/mol. The first-order valence-corrected chi connectivity index (χ1v) is 7.93. The molecule has 0 radical (unpaired) electrons. The monoisotopic (exact) mass is 347 g/mol. The number of carbonyl (C=O) groups is 2. The minimum atomic E-state index is -0.266. The molecule has 1 aliphatic heterocycles. The fraction of sp³-hybridized carbons (Fsp3) is 0.333. The van der Waals surface area contributed by atoms with Gasteiger partial charge in [-0.3, -0.25) is 9.59 Å². The summed E-state index contributed by atoms with van der Waals surface area (Å²) in [7, 11) is 0. The molecule has 0 aliphatic carbocycles. The average molecular weight is 348 g/mol. The van der Waals surface area contributed by atoms with Crippen LogP contribution in [0.5, 0.6) is 0 Å².